The molecule has 2 rings (SSSR count). The van der Waals surface area contributed by atoms with Gasteiger partial charge in [0.25, 0.3) is 0 Å². The van der Waals surface area contributed by atoms with E-state index in [1.165, 1.54) is 25.0 Å². The molecule has 3 N–H and O–H groups in total. The van der Waals surface area contributed by atoms with Crippen LogP contribution in [-0.2, 0) is 11.2 Å². The van der Waals surface area contributed by atoms with Gasteiger partial charge in [-0.05, 0) is 42.9 Å². The van der Waals surface area contributed by atoms with Crippen molar-refractivity contribution in [1.29, 1.82) is 0 Å². The van der Waals surface area contributed by atoms with Crippen molar-refractivity contribution < 1.29 is 9.18 Å². The van der Waals surface area contributed by atoms with Gasteiger partial charge in [-0.2, -0.15) is 0 Å². The van der Waals surface area contributed by atoms with Gasteiger partial charge in [-0.25, -0.2) is 4.39 Å². The van der Waals surface area contributed by atoms with Crippen molar-refractivity contribution in [2.45, 2.75) is 31.7 Å². The Bertz CT molecular complexity index is 406. The molecule has 3 nitrogen and oxygen atoms in total. The summed E-state index contributed by atoms with van der Waals surface area (Å²) < 4.78 is 12.7. The van der Waals surface area contributed by atoms with Crippen LogP contribution in [0.5, 0.6) is 0 Å². The average Bonchev–Trinajstić information content (AvgIpc) is 3.19. The van der Waals surface area contributed by atoms with Crippen molar-refractivity contribution in [1.82, 2.24) is 5.32 Å². The molecule has 1 aromatic carbocycles. The number of rotatable bonds is 6. The fraction of sp³-hybridized carbons (Fsp3) is 0.500. The molecule has 0 bridgehead atoms. The lowest BCUT2D eigenvalue weighted by molar-refractivity contribution is -0.121. The number of carbonyl (C=O) groups excluding carboxylic acids is 1. The Morgan fingerprint density at radius 1 is 1.37 bits per heavy atom. The van der Waals surface area contributed by atoms with Crippen LogP contribution >= 0.6 is 12.4 Å². The average molecular weight is 287 g/mol. The van der Waals surface area contributed by atoms with Crippen LogP contribution in [-0.4, -0.2) is 18.5 Å². The molecule has 1 aliphatic carbocycles. The summed E-state index contributed by atoms with van der Waals surface area (Å²) in [7, 11) is 0. The maximum Gasteiger partial charge on any atom is 0.220 e. The largest absolute Gasteiger partial charge is 0.355 e. The summed E-state index contributed by atoms with van der Waals surface area (Å²) in [6.07, 6.45) is 3.42. The van der Waals surface area contributed by atoms with Crippen LogP contribution < -0.4 is 11.1 Å². The first-order valence-electron chi connectivity index (χ1n) is 6.42. The maximum atomic E-state index is 12.7. The Labute approximate surface area is 119 Å². The number of benzene rings is 1. The predicted octanol–water partition coefficient (Wildman–Crippen LogP) is 2.03. The number of halogens is 2. The third-order valence-electron chi connectivity index (χ3n) is 3.32. The fourth-order valence-electron chi connectivity index (χ4n) is 1.92. The highest BCUT2D eigenvalue weighted by Crippen LogP contribution is 2.31. The van der Waals surface area contributed by atoms with E-state index in [2.05, 4.69) is 5.32 Å². The quantitative estimate of drug-likeness (QED) is 0.841. The lowest BCUT2D eigenvalue weighted by atomic mass is 10.1. The molecule has 1 aromatic rings. The van der Waals surface area contributed by atoms with Gasteiger partial charge >= 0.3 is 0 Å². The smallest absolute Gasteiger partial charge is 0.220 e. The standard InChI is InChI=1S/C14H19FN2O.ClH/c15-12-6-1-10(2-7-12)3-8-14(18)17-9-13(16)11-4-5-11;/h1-2,6-7,11,13H,3-5,8-9,16H2,(H,17,18);1H. The van der Waals surface area contributed by atoms with E-state index in [1.807, 2.05) is 0 Å². The van der Waals surface area contributed by atoms with Gasteiger partial charge < -0.3 is 11.1 Å². The zero-order valence-electron chi connectivity index (χ0n) is 10.8. The molecule has 0 aliphatic heterocycles. The first-order valence-corrected chi connectivity index (χ1v) is 6.42. The lowest BCUT2D eigenvalue weighted by Gasteiger charge is -2.11. The Morgan fingerprint density at radius 3 is 2.58 bits per heavy atom. The summed E-state index contributed by atoms with van der Waals surface area (Å²) in [5.74, 6) is 0.358. The second-order valence-electron chi connectivity index (χ2n) is 4.93. The van der Waals surface area contributed by atoms with Crippen molar-refractivity contribution in [3.05, 3.63) is 35.6 Å². The van der Waals surface area contributed by atoms with E-state index in [4.69, 9.17) is 5.73 Å². The topological polar surface area (TPSA) is 55.1 Å². The van der Waals surface area contributed by atoms with E-state index < -0.39 is 0 Å². The highest BCUT2D eigenvalue weighted by atomic mass is 35.5. The molecule has 0 heterocycles. The van der Waals surface area contributed by atoms with Crippen LogP contribution in [0, 0.1) is 11.7 Å². The van der Waals surface area contributed by atoms with E-state index in [9.17, 15) is 9.18 Å². The van der Waals surface area contributed by atoms with Crippen molar-refractivity contribution in [3.63, 3.8) is 0 Å². The Balaban J connectivity index is 0.00000180. The maximum absolute atomic E-state index is 12.7. The Morgan fingerprint density at radius 2 is 2.00 bits per heavy atom. The van der Waals surface area contributed by atoms with Gasteiger partial charge in [0, 0.05) is 19.0 Å². The van der Waals surface area contributed by atoms with Gasteiger partial charge in [0.05, 0.1) is 0 Å². The molecule has 1 unspecified atom stereocenters. The van der Waals surface area contributed by atoms with Gasteiger partial charge in [0.1, 0.15) is 5.82 Å². The first kappa shape index (κ1) is 15.9. The molecule has 5 heteroatoms. The summed E-state index contributed by atoms with van der Waals surface area (Å²) in [4.78, 5) is 11.6. The number of nitrogens with two attached hydrogens (primary N) is 1. The van der Waals surface area contributed by atoms with Crippen LogP contribution in [0.25, 0.3) is 0 Å². The third-order valence-corrected chi connectivity index (χ3v) is 3.32. The van der Waals surface area contributed by atoms with Gasteiger partial charge in [-0.1, -0.05) is 12.1 Å². The Kier molecular flexibility index (Phi) is 6.25. The third kappa shape index (κ3) is 5.57. The molecule has 0 aromatic heterocycles. The molecule has 0 saturated heterocycles. The van der Waals surface area contributed by atoms with Crippen LogP contribution in [0.15, 0.2) is 24.3 Å². The zero-order valence-corrected chi connectivity index (χ0v) is 11.6. The molecule has 19 heavy (non-hydrogen) atoms. The van der Waals surface area contributed by atoms with E-state index in [-0.39, 0.29) is 30.2 Å². The van der Waals surface area contributed by atoms with E-state index >= 15 is 0 Å². The van der Waals surface area contributed by atoms with Crippen molar-refractivity contribution in [3.8, 4) is 0 Å². The van der Waals surface area contributed by atoms with Crippen molar-refractivity contribution in [2.75, 3.05) is 6.54 Å². The van der Waals surface area contributed by atoms with Crippen molar-refractivity contribution >= 4 is 18.3 Å². The molecule has 1 saturated carbocycles. The molecule has 106 valence electrons. The number of hydrogen-bond acceptors (Lipinski definition) is 2. The highest BCUT2D eigenvalue weighted by molar-refractivity contribution is 5.85. The number of amides is 1. The van der Waals surface area contributed by atoms with Gasteiger partial charge in [0.2, 0.25) is 5.91 Å². The van der Waals surface area contributed by atoms with Crippen LogP contribution in [0.4, 0.5) is 4.39 Å². The van der Waals surface area contributed by atoms with Crippen LogP contribution in [0.2, 0.25) is 0 Å². The molecular weight excluding hydrogens is 267 g/mol. The molecule has 1 fully saturated rings. The predicted molar refractivity (Wildman–Crippen MR) is 75.7 cm³/mol. The van der Waals surface area contributed by atoms with Crippen molar-refractivity contribution in [2.24, 2.45) is 11.7 Å². The number of nitrogens with one attached hydrogen (secondary N) is 1. The molecule has 1 amide bonds. The summed E-state index contributed by atoms with van der Waals surface area (Å²) in [6, 6.07) is 6.34. The molecule has 1 atom stereocenters. The normalized spacial score (nSPS) is 15.5. The van der Waals surface area contributed by atoms with Gasteiger partial charge in [-0.15, -0.1) is 12.4 Å². The molecule has 0 spiro atoms. The first-order chi connectivity index (χ1) is 8.65. The van der Waals surface area contributed by atoms with E-state index in [0.717, 1.165) is 5.56 Å². The van der Waals surface area contributed by atoms with Gasteiger partial charge in [-0.3, -0.25) is 4.79 Å². The number of carbonyl (C=O) groups is 1. The molecule has 0 radical (unpaired) electrons. The monoisotopic (exact) mass is 286 g/mol. The summed E-state index contributed by atoms with van der Waals surface area (Å²) >= 11 is 0. The second-order valence-corrected chi connectivity index (χ2v) is 4.93. The van der Waals surface area contributed by atoms with E-state index in [0.29, 0.717) is 25.3 Å². The van der Waals surface area contributed by atoms with Crippen LogP contribution in [0.1, 0.15) is 24.8 Å². The zero-order chi connectivity index (χ0) is 13.0. The summed E-state index contributed by atoms with van der Waals surface area (Å²) in [6.45, 7) is 0.562. The van der Waals surface area contributed by atoms with Crippen LogP contribution in [0.3, 0.4) is 0 Å². The number of hydrogen-bond donors (Lipinski definition) is 2. The lowest BCUT2D eigenvalue weighted by Crippen LogP contribution is -2.38. The summed E-state index contributed by atoms with van der Waals surface area (Å²) in [5.41, 5.74) is 6.87. The van der Waals surface area contributed by atoms with E-state index in [1.54, 1.807) is 12.1 Å². The fourth-order valence-corrected chi connectivity index (χ4v) is 1.92. The highest BCUT2D eigenvalue weighted by Gasteiger charge is 2.28. The molecular formula is C14H20ClFN2O. The Hall–Kier alpha value is -1.13. The molecule has 1 aliphatic rings. The second kappa shape index (κ2) is 7.46. The number of aryl methyl sites for hydroxylation is 1. The minimum absolute atomic E-state index is 0. The SMILES string of the molecule is Cl.NC(CNC(=O)CCc1ccc(F)cc1)C1CC1. The van der Waals surface area contributed by atoms with Gasteiger partial charge in [0.15, 0.2) is 0 Å². The minimum Gasteiger partial charge on any atom is -0.355 e. The summed E-state index contributed by atoms with van der Waals surface area (Å²) in [5, 5.41) is 2.85. The minimum atomic E-state index is -0.251.